The van der Waals surface area contributed by atoms with Crippen LogP contribution in [0.4, 0.5) is 15.2 Å². The predicted molar refractivity (Wildman–Crippen MR) is 126 cm³/mol. The van der Waals surface area contributed by atoms with E-state index in [1.54, 1.807) is 13.2 Å². The van der Waals surface area contributed by atoms with Gasteiger partial charge in [0.05, 0.1) is 17.7 Å². The number of ether oxygens (including phenoxy) is 1. The molecular weight excluding hydrogens is 427 g/mol. The number of thiazole rings is 1. The molecule has 168 valence electrons. The SMILES string of the molecule is COc1cccc(N2CCN(C(=O)C3CCCN(c4nc5c(F)cccc5s4)C3)CC2)c1. The highest BCUT2D eigenvalue weighted by Gasteiger charge is 2.32. The van der Waals surface area contributed by atoms with Gasteiger partial charge >= 0.3 is 0 Å². The van der Waals surface area contributed by atoms with Crippen molar-refractivity contribution in [2.24, 2.45) is 5.92 Å². The first-order valence-electron chi connectivity index (χ1n) is 11.1. The fourth-order valence-corrected chi connectivity index (χ4v) is 5.66. The van der Waals surface area contributed by atoms with Gasteiger partial charge in [-0.3, -0.25) is 4.79 Å². The molecule has 0 aliphatic carbocycles. The number of halogens is 1. The van der Waals surface area contributed by atoms with E-state index in [9.17, 15) is 9.18 Å². The highest BCUT2D eigenvalue weighted by atomic mass is 32.1. The summed E-state index contributed by atoms with van der Waals surface area (Å²) in [6.07, 6.45) is 1.84. The van der Waals surface area contributed by atoms with Gasteiger partial charge in [0.2, 0.25) is 5.91 Å². The maximum absolute atomic E-state index is 14.1. The highest BCUT2D eigenvalue weighted by molar-refractivity contribution is 7.22. The topological polar surface area (TPSA) is 48.9 Å². The quantitative estimate of drug-likeness (QED) is 0.596. The largest absolute Gasteiger partial charge is 0.497 e. The van der Waals surface area contributed by atoms with Crippen LogP contribution in [0.5, 0.6) is 5.75 Å². The lowest BCUT2D eigenvalue weighted by atomic mass is 9.96. The second kappa shape index (κ2) is 8.94. The molecule has 0 radical (unpaired) electrons. The van der Waals surface area contributed by atoms with E-state index in [0.717, 1.165) is 66.8 Å². The molecule has 3 heterocycles. The Balaban J connectivity index is 1.22. The third-order valence-corrected chi connectivity index (χ3v) is 7.49. The third-order valence-electron chi connectivity index (χ3n) is 6.41. The first kappa shape index (κ1) is 21.0. The first-order chi connectivity index (χ1) is 15.6. The maximum Gasteiger partial charge on any atom is 0.227 e. The van der Waals surface area contributed by atoms with Gasteiger partial charge in [0.1, 0.15) is 17.1 Å². The Labute approximate surface area is 191 Å². The number of aromatic nitrogens is 1. The van der Waals surface area contributed by atoms with Gasteiger partial charge in [-0.25, -0.2) is 9.37 Å². The van der Waals surface area contributed by atoms with E-state index in [-0.39, 0.29) is 17.6 Å². The van der Waals surface area contributed by atoms with E-state index in [1.165, 1.54) is 17.4 Å². The molecule has 1 amide bonds. The number of hydrogen-bond donors (Lipinski definition) is 0. The van der Waals surface area contributed by atoms with Gasteiger partial charge in [-0.2, -0.15) is 0 Å². The minimum atomic E-state index is -0.288. The number of carbonyl (C=O) groups is 1. The number of nitrogens with zero attached hydrogens (tertiary/aromatic N) is 4. The summed E-state index contributed by atoms with van der Waals surface area (Å²) in [4.78, 5) is 24.3. The average Bonchev–Trinajstić information content (AvgIpc) is 3.30. The van der Waals surface area contributed by atoms with Crippen LogP contribution < -0.4 is 14.5 Å². The van der Waals surface area contributed by atoms with Crippen molar-refractivity contribution in [2.45, 2.75) is 12.8 Å². The Bertz CT molecular complexity index is 1110. The molecule has 0 N–H and O–H groups in total. The molecule has 2 fully saturated rings. The summed E-state index contributed by atoms with van der Waals surface area (Å²) in [6, 6.07) is 13.1. The zero-order valence-electron chi connectivity index (χ0n) is 18.2. The number of piperazine rings is 1. The Hall–Kier alpha value is -2.87. The summed E-state index contributed by atoms with van der Waals surface area (Å²) in [5.74, 6) is 0.748. The molecule has 1 aromatic heterocycles. The average molecular weight is 455 g/mol. The zero-order chi connectivity index (χ0) is 22.1. The number of amides is 1. The molecule has 1 unspecified atom stereocenters. The predicted octanol–water partition coefficient (Wildman–Crippen LogP) is 4.01. The monoisotopic (exact) mass is 454 g/mol. The summed E-state index contributed by atoms with van der Waals surface area (Å²) in [5, 5.41) is 0.811. The smallest absolute Gasteiger partial charge is 0.227 e. The van der Waals surface area contributed by atoms with Crippen LogP contribution in [0.3, 0.4) is 0 Å². The van der Waals surface area contributed by atoms with E-state index in [4.69, 9.17) is 4.74 Å². The molecule has 1 atom stereocenters. The molecule has 6 nitrogen and oxygen atoms in total. The van der Waals surface area contributed by atoms with Crippen LogP contribution in [0.1, 0.15) is 12.8 Å². The van der Waals surface area contributed by atoms with Crippen molar-refractivity contribution >= 4 is 38.3 Å². The van der Waals surface area contributed by atoms with E-state index < -0.39 is 0 Å². The fraction of sp³-hybridized carbons (Fsp3) is 0.417. The van der Waals surface area contributed by atoms with Gasteiger partial charge in [-0.1, -0.05) is 23.5 Å². The molecule has 5 rings (SSSR count). The lowest BCUT2D eigenvalue weighted by molar-refractivity contribution is -0.136. The molecule has 2 aliphatic rings. The van der Waals surface area contributed by atoms with Crippen molar-refractivity contribution in [1.82, 2.24) is 9.88 Å². The van der Waals surface area contributed by atoms with Gasteiger partial charge in [-0.05, 0) is 37.1 Å². The third kappa shape index (κ3) is 4.11. The van der Waals surface area contributed by atoms with Crippen molar-refractivity contribution in [3.63, 3.8) is 0 Å². The summed E-state index contributed by atoms with van der Waals surface area (Å²) < 4.78 is 20.2. The zero-order valence-corrected chi connectivity index (χ0v) is 19.0. The number of hydrogen-bond acceptors (Lipinski definition) is 6. The lowest BCUT2D eigenvalue weighted by Crippen LogP contribution is -2.52. The Morgan fingerprint density at radius 3 is 2.69 bits per heavy atom. The van der Waals surface area contributed by atoms with Crippen LogP contribution in [0, 0.1) is 11.7 Å². The number of anilines is 2. The second-order valence-corrected chi connectivity index (χ2v) is 9.39. The van der Waals surface area contributed by atoms with Crippen LogP contribution in [-0.2, 0) is 4.79 Å². The van der Waals surface area contributed by atoms with E-state index >= 15 is 0 Å². The summed E-state index contributed by atoms with van der Waals surface area (Å²) in [6.45, 7) is 4.57. The standard InChI is InChI=1S/C24H27FN4O2S/c1-31-19-7-2-6-18(15-19)27-11-13-28(14-12-27)23(30)17-5-4-10-29(16-17)24-26-22-20(25)8-3-9-21(22)32-24/h2-3,6-9,15,17H,4-5,10-14,16H2,1H3. The second-order valence-electron chi connectivity index (χ2n) is 8.38. The van der Waals surface area contributed by atoms with E-state index in [2.05, 4.69) is 20.9 Å². The maximum atomic E-state index is 14.1. The summed E-state index contributed by atoms with van der Waals surface area (Å²) in [5.41, 5.74) is 1.55. The summed E-state index contributed by atoms with van der Waals surface area (Å²) in [7, 11) is 1.67. The van der Waals surface area contributed by atoms with Gasteiger partial charge in [0.25, 0.3) is 0 Å². The van der Waals surface area contributed by atoms with Crippen molar-refractivity contribution in [3.8, 4) is 5.75 Å². The van der Waals surface area contributed by atoms with Crippen molar-refractivity contribution in [1.29, 1.82) is 0 Å². The lowest BCUT2D eigenvalue weighted by Gasteiger charge is -2.39. The molecule has 2 saturated heterocycles. The number of piperidine rings is 1. The Kier molecular flexibility index (Phi) is 5.87. The van der Waals surface area contributed by atoms with Gasteiger partial charge in [0, 0.05) is 51.0 Å². The number of methoxy groups -OCH3 is 1. The minimum Gasteiger partial charge on any atom is -0.497 e. The molecule has 0 spiro atoms. The number of fused-ring (bicyclic) bond motifs is 1. The van der Waals surface area contributed by atoms with E-state index in [0.29, 0.717) is 12.1 Å². The van der Waals surface area contributed by atoms with Crippen LogP contribution in [0.25, 0.3) is 10.2 Å². The number of rotatable bonds is 4. The molecule has 8 heteroatoms. The molecule has 2 aromatic carbocycles. The van der Waals surface area contributed by atoms with E-state index in [1.807, 2.05) is 29.2 Å². The van der Waals surface area contributed by atoms with Gasteiger partial charge in [0.15, 0.2) is 5.13 Å². The van der Waals surface area contributed by atoms with Crippen LogP contribution >= 0.6 is 11.3 Å². The molecule has 2 aliphatic heterocycles. The fourth-order valence-electron chi connectivity index (χ4n) is 4.64. The number of carbonyl (C=O) groups excluding carboxylic acids is 1. The Morgan fingerprint density at radius 2 is 1.91 bits per heavy atom. The molecule has 32 heavy (non-hydrogen) atoms. The van der Waals surface area contributed by atoms with Crippen LogP contribution in [0.15, 0.2) is 42.5 Å². The van der Waals surface area contributed by atoms with Gasteiger partial charge < -0.3 is 19.4 Å². The molecular formula is C24H27FN4O2S. The number of para-hydroxylation sites is 1. The molecule has 0 saturated carbocycles. The van der Waals surface area contributed by atoms with Gasteiger partial charge in [-0.15, -0.1) is 0 Å². The normalized spacial score (nSPS) is 19.4. The first-order valence-corrected chi connectivity index (χ1v) is 11.9. The van der Waals surface area contributed by atoms with Crippen LogP contribution in [-0.4, -0.2) is 62.2 Å². The summed E-state index contributed by atoms with van der Waals surface area (Å²) >= 11 is 1.50. The van der Waals surface area contributed by atoms with Crippen LogP contribution in [0.2, 0.25) is 0 Å². The Morgan fingerprint density at radius 1 is 1.09 bits per heavy atom. The minimum absolute atomic E-state index is 0.0380. The molecule has 0 bridgehead atoms. The van der Waals surface area contributed by atoms with Crippen molar-refractivity contribution in [2.75, 3.05) is 56.2 Å². The molecule has 3 aromatic rings. The highest BCUT2D eigenvalue weighted by Crippen LogP contribution is 2.33. The number of benzene rings is 2. The van der Waals surface area contributed by atoms with Crippen molar-refractivity contribution in [3.05, 3.63) is 48.3 Å². The van der Waals surface area contributed by atoms with Crippen molar-refractivity contribution < 1.29 is 13.9 Å².